The van der Waals surface area contributed by atoms with Crippen molar-refractivity contribution < 1.29 is 4.79 Å². The number of nitrogens with zero attached hydrogens (tertiary/aromatic N) is 1. The van der Waals surface area contributed by atoms with Crippen molar-refractivity contribution in [1.29, 1.82) is 0 Å². The van der Waals surface area contributed by atoms with Crippen LogP contribution in [-0.2, 0) is 0 Å². The van der Waals surface area contributed by atoms with Crippen LogP contribution in [0.3, 0.4) is 0 Å². The average Bonchev–Trinajstić information content (AvgIpc) is 2.43. The van der Waals surface area contributed by atoms with Crippen molar-refractivity contribution in [3.05, 3.63) is 0 Å². The van der Waals surface area contributed by atoms with E-state index in [1.54, 1.807) is 0 Å². The normalized spacial score (nSPS) is 35.5. The van der Waals surface area contributed by atoms with Crippen LogP contribution < -0.4 is 11.2 Å². The minimum Gasteiger partial charge on any atom is -0.350 e. The van der Waals surface area contributed by atoms with E-state index in [1.807, 2.05) is 0 Å². The van der Waals surface area contributed by atoms with Crippen LogP contribution in [0, 0.1) is 17.3 Å². The van der Waals surface area contributed by atoms with Gasteiger partial charge >= 0.3 is 6.03 Å². The molecule has 0 spiro atoms. The first-order valence-electron chi connectivity index (χ1n) is 5.63. The first-order chi connectivity index (χ1) is 7.01. The first kappa shape index (κ1) is 10.5. The van der Waals surface area contributed by atoms with Gasteiger partial charge in [-0.2, -0.15) is 5.10 Å². The van der Waals surface area contributed by atoms with Crippen LogP contribution in [0.4, 0.5) is 4.79 Å². The molecule has 3 fully saturated rings. The van der Waals surface area contributed by atoms with Crippen LogP contribution in [0.25, 0.3) is 0 Å². The lowest BCUT2D eigenvalue weighted by molar-refractivity contribution is 0.0248. The van der Waals surface area contributed by atoms with E-state index in [2.05, 4.69) is 24.4 Å². The summed E-state index contributed by atoms with van der Waals surface area (Å²) in [7, 11) is 0. The Morgan fingerprint density at radius 3 is 2.93 bits per heavy atom. The van der Waals surface area contributed by atoms with Gasteiger partial charge in [0.25, 0.3) is 0 Å². The van der Waals surface area contributed by atoms with E-state index >= 15 is 0 Å². The van der Waals surface area contributed by atoms with Crippen LogP contribution in [-0.4, -0.2) is 11.7 Å². The number of carbonyl (C=O) groups excluding carboxylic acids is 1. The Morgan fingerprint density at radius 2 is 2.33 bits per heavy atom. The molecule has 0 unspecified atom stereocenters. The summed E-state index contributed by atoms with van der Waals surface area (Å²) in [5, 5.41) is 4.15. The predicted octanol–water partition coefficient (Wildman–Crippen LogP) is 1.86. The molecule has 0 radical (unpaired) electrons. The summed E-state index contributed by atoms with van der Waals surface area (Å²) in [4.78, 5) is 10.6. The third kappa shape index (κ3) is 1.73. The molecule has 0 aromatic carbocycles. The Kier molecular flexibility index (Phi) is 2.44. The van der Waals surface area contributed by atoms with E-state index in [-0.39, 0.29) is 0 Å². The summed E-state index contributed by atoms with van der Waals surface area (Å²) in [5.74, 6) is 1.38. The van der Waals surface area contributed by atoms with Gasteiger partial charge < -0.3 is 5.73 Å². The largest absolute Gasteiger partial charge is 0.350 e. The molecule has 4 heteroatoms. The number of primary amides is 1. The minimum atomic E-state index is -0.569. The van der Waals surface area contributed by atoms with E-state index < -0.39 is 6.03 Å². The third-order valence-corrected chi connectivity index (χ3v) is 4.17. The summed E-state index contributed by atoms with van der Waals surface area (Å²) in [6.07, 6.45) is 4.71. The highest BCUT2D eigenvalue weighted by Gasteiger charge is 2.51. The van der Waals surface area contributed by atoms with Crippen LogP contribution in [0.5, 0.6) is 0 Å². The van der Waals surface area contributed by atoms with Crippen molar-refractivity contribution in [2.75, 3.05) is 0 Å². The summed E-state index contributed by atoms with van der Waals surface area (Å²) in [5.41, 5.74) is 8.87. The minimum absolute atomic E-state index is 0.356. The molecule has 4 nitrogen and oxygen atoms in total. The monoisotopic (exact) mass is 209 g/mol. The molecule has 0 aliphatic heterocycles. The zero-order chi connectivity index (χ0) is 11.1. The molecule has 84 valence electrons. The van der Waals surface area contributed by atoms with Crippen molar-refractivity contribution in [3.63, 3.8) is 0 Å². The molecule has 2 atom stereocenters. The van der Waals surface area contributed by atoms with Crippen molar-refractivity contribution in [2.24, 2.45) is 28.1 Å². The van der Waals surface area contributed by atoms with Crippen LogP contribution in [0.1, 0.15) is 39.5 Å². The molecule has 3 saturated carbocycles. The SMILES string of the molecule is CC1(C)[C@H]2CCC/C(=N/NC(N)=O)[C@@H]1C2. The Bertz CT molecular complexity index is 309. The molecule has 3 rings (SSSR count). The fourth-order valence-electron chi connectivity index (χ4n) is 3.04. The van der Waals surface area contributed by atoms with Gasteiger partial charge in [-0.1, -0.05) is 13.8 Å². The van der Waals surface area contributed by atoms with Crippen LogP contribution in [0.2, 0.25) is 0 Å². The number of hydrogen-bond acceptors (Lipinski definition) is 2. The molecule has 3 N–H and O–H groups in total. The number of amides is 2. The predicted molar refractivity (Wildman–Crippen MR) is 59.4 cm³/mol. The second-order valence-corrected chi connectivity index (χ2v) is 5.28. The van der Waals surface area contributed by atoms with Crippen molar-refractivity contribution >= 4 is 11.7 Å². The maximum Gasteiger partial charge on any atom is 0.332 e. The standard InChI is InChI=1S/C11H19N3O/c1-11(2)7-4-3-5-9(8(11)6-7)13-14-10(12)15/h7-8H,3-6H2,1-2H3,(H3,12,14,15)/b13-9-/t7-,8-/m0/s1. The molecule has 3 aliphatic rings. The lowest BCUT2D eigenvalue weighted by Gasteiger charge is -2.51. The average molecular weight is 209 g/mol. The van der Waals surface area contributed by atoms with Crippen molar-refractivity contribution in [3.8, 4) is 0 Å². The number of nitrogens with one attached hydrogen (secondary N) is 1. The second-order valence-electron chi connectivity index (χ2n) is 5.28. The number of nitrogens with two attached hydrogens (primary N) is 1. The Balaban J connectivity index is 2.12. The number of hydrogen-bond donors (Lipinski definition) is 2. The molecular formula is C11H19N3O. The van der Waals surface area contributed by atoms with E-state index in [4.69, 9.17) is 5.73 Å². The molecule has 0 saturated heterocycles. The molecule has 0 heterocycles. The molecule has 15 heavy (non-hydrogen) atoms. The molecular weight excluding hydrogens is 190 g/mol. The fourth-order valence-corrected chi connectivity index (χ4v) is 3.04. The fraction of sp³-hybridized carbons (Fsp3) is 0.818. The van der Waals surface area contributed by atoms with Crippen LogP contribution in [0.15, 0.2) is 5.10 Å². The van der Waals surface area contributed by atoms with Gasteiger partial charge in [-0.05, 0) is 37.0 Å². The van der Waals surface area contributed by atoms with E-state index in [1.165, 1.54) is 19.3 Å². The van der Waals surface area contributed by atoms with Gasteiger partial charge in [-0.3, -0.25) is 0 Å². The molecule has 3 aliphatic carbocycles. The van der Waals surface area contributed by atoms with Gasteiger partial charge in [0, 0.05) is 11.6 Å². The van der Waals surface area contributed by atoms with E-state index in [9.17, 15) is 4.79 Å². The van der Waals surface area contributed by atoms with Crippen LogP contribution >= 0.6 is 0 Å². The van der Waals surface area contributed by atoms with Crippen molar-refractivity contribution in [2.45, 2.75) is 39.5 Å². The highest BCUT2D eigenvalue weighted by Crippen LogP contribution is 2.56. The van der Waals surface area contributed by atoms with Gasteiger partial charge in [0.2, 0.25) is 0 Å². The maximum absolute atomic E-state index is 10.6. The summed E-state index contributed by atoms with van der Waals surface area (Å²) >= 11 is 0. The number of rotatable bonds is 1. The number of carbonyl (C=O) groups is 1. The van der Waals surface area contributed by atoms with Gasteiger partial charge in [-0.15, -0.1) is 0 Å². The highest BCUT2D eigenvalue weighted by molar-refractivity contribution is 5.89. The smallest absolute Gasteiger partial charge is 0.332 e. The van der Waals surface area contributed by atoms with Gasteiger partial charge in [0.1, 0.15) is 0 Å². The molecule has 0 aromatic rings. The zero-order valence-electron chi connectivity index (χ0n) is 9.42. The lowest BCUT2D eigenvalue weighted by Crippen LogP contribution is -2.47. The molecule has 2 amide bonds. The zero-order valence-corrected chi connectivity index (χ0v) is 9.42. The summed E-state index contributed by atoms with van der Waals surface area (Å²) in [6.45, 7) is 4.61. The van der Waals surface area contributed by atoms with E-state index in [0.717, 1.165) is 18.1 Å². The Labute approximate surface area is 90.3 Å². The van der Waals surface area contributed by atoms with Gasteiger partial charge in [0.05, 0.1) is 0 Å². The Morgan fingerprint density at radius 1 is 1.60 bits per heavy atom. The maximum atomic E-state index is 10.6. The number of hydrazone groups is 1. The quantitative estimate of drug-likeness (QED) is 0.636. The highest BCUT2D eigenvalue weighted by atomic mass is 16.2. The molecule has 0 aromatic heterocycles. The first-order valence-corrected chi connectivity index (χ1v) is 5.63. The van der Waals surface area contributed by atoms with Gasteiger partial charge in [0.15, 0.2) is 0 Å². The topological polar surface area (TPSA) is 67.5 Å². The third-order valence-electron chi connectivity index (χ3n) is 4.17. The molecule has 2 bridgehead atoms. The summed E-state index contributed by atoms with van der Waals surface area (Å²) in [6, 6.07) is -0.569. The lowest BCUT2D eigenvalue weighted by atomic mass is 9.54. The van der Waals surface area contributed by atoms with E-state index in [0.29, 0.717) is 11.3 Å². The second kappa shape index (κ2) is 3.51. The Hall–Kier alpha value is -1.06. The number of fused-ring (bicyclic) bond motifs is 3. The van der Waals surface area contributed by atoms with Gasteiger partial charge in [-0.25, -0.2) is 10.2 Å². The van der Waals surface area contributed by atoms with Crippen molar-refractivity contribution in [1.82, 2.24) is 5.43 Å². The number of urea groups is 1. The summed E-state index contributed by atoms with van der Waals surface area (Å²) < 4.78 is 0.